The van der Waals surface area contributed by atoms with Crippen LogP contribution in [-0.4, -0.2) is 17.9 Å². The summed E-state index contributed by atoms with van der Waals surface area (Å²) >= 11 is 0. The van der Waals surface area contributed by atoms with Crippen LogP contribution in [0.25, 0.3) is 11.0 Å². The van der Waals surface area contributed by atoms with E-state index in [1.54, 1.807) is 0 Å². The van der Waals surface area contributed by atoms with E-state index in [9.17, 15) is 18.0 Å². The minimum absolute atomic E-state index is 0.0702. The molecule has 0 aliphatic rings. The highest BCUT2D eigenvalue weighted by molar-refractivity contribution is 5.87. The van der Waals surface area contributed by atoms with Gasteiger partial charge < -0.3 is 9.32 Å². The molecule has 0 N–H and O–H groups in total. The number of benzene rings is 2. The van der Waals surface area contributed by atoms with Crippen molar-refractivity contribution in [2.45, 2.75) is 26.1 Å². The number of halogens is 3. The van der Waals surface area contributed by atoms with E-state index < -0.39 is 11.7 Å². The standard InChI is InChI=1S/C20H18F3NO2/c1-13-7-8-16-15(12-26-18(16)9-13)10-19(25)24(2)11-14-5-3-4-6-17(14)20(21,22)23/h3-9,12H,10-11H2,1-2H3. The summed E-state index contributed by atoms with van der Waals surface area (Å²) in [5.41, 5.74) is 1.82. The number of carbonyl (C=O) groups excluding carboxylic acids is 1. The molecule has 136 valence electrons. The zero-order chi connectivity index (χ0) is 18.9. The molecular formula is C20H18F3NO2. The Kier molecular flexibility index (Phi) is 4.76. The summed E-state index contributed by atoms with van der Waals surface area (Å²) in [6.45, 7) is 1.84. The van der Waals surface area contributed by atoms with Gasteiger partial charge in [0.2, 0.25) is 5.91 Å². The van der Waals surface area contributed by atoms with Crippen molar-refractivity contribution in [3.63, 3.8) is 0 Å². The summed E-state index contributed by atoms with van der Waals surface area (Å²) in [5.74, 6) is -0.273. The molecule has 0 saturated carbocycles. The summed E-state index contributed by atoms with van der Waals surface area (Å²) in [6.07, 6.45) is -2.85. The highest BCUT2D eigenvalue weighted by Crippen LogP contribution is 2.32. The van der Waals surface area contributed by atoms with Crippen LogP contribution in [0.4, 0.5) is 13.2 Å². The van der Waals surface area contributed by atoms with Gasteiger partial charge in [-0.2, -0.15) is 13.2 Å². The number of fused-ring (bicyclic) bond motifs is 1. The third-order valence-corrected chi connectivity index (χ3v) is 4.31. The average molecular weight is 361 g/mol. The van der Waals surface area contributed by atoms with Gasteiger partial charge in [-0.15, -0.1) is 0 Å². The maximum Gasteiger partial charge on any atom is 0.416 e. The summed E-state index contributed by atoms with van der Waals surface area (Å²) in [5, 5.41) is 0.841. The maximum absolute atomic E-state index is 13.1. The second-order valence-electron chi connectivity index (χ2n) is 6.34. The quantitative estimate of drug-likeness (QED) is 0.658. The van der Waals surface area contributed by atoms with Crippen LogP contribution in [0.15, 0.2) is 53.1 Å². The fourth-order valence-corrected chi connectivity index (χ4v) is 2.90. The van der Waals surface area contributed by atoms with E-state index in [4.69, 9.17) is 4.42 Å². The highest BCUT2D eigenvalue weighted by Gasteiger charge is 2.33. The van der Waals surface area contributed by atoms with Crippen molar-refractivity contribution in [1.82, 2.24) is 4.90 Å². The minimum atomic E-state index is -4.45. The number of furan rings is 1. The zero-order valence-corrected chi connectivity index (χ0v) is 14.4. The SMILES string of the molecule is Cc1ccc2c(CC(=O)N(C)Cc3ccccc3C(F)(F)F)coc2c1. The molecule has 0 bridgehead atoms. The predicted octanol–water partition coefficient (Wildman–Crippen LogP) is 4.96. The average Bonchev–Trinajstić information content (AvgIpc) is 2.96. The number of likely N-dealkylation sites (N-methyl/N-ethyl adjacent to an activating group) is 1. The van der Waals surface area contributed by atoms with E-state index in [1.807, 2.05) is 25.1 Å². The Morgan fingerprint density at radius 3 is 2.58 bits per heavy atom. The number of hydrogen-bond acceptors (Lipinski definition) is 2. The Hall–Kier alpha value is -2.76. The second kappa shape index (κ2) is 6.86. The molecule has 1 aromatic heterocycles. The summed E-state index contributed by atoms with van der Waals surface area (Å²) in [4.78, 5) is 13.8. The molecule has 0 saturated heterocycles. The molecule has 0 atom stereocenters. The first-order valence-corrected chi connectivity index (χ1v) is 8.11. The van der Waals surface area contributed by atoms with E-state index in [-0.39, 0.29) is 24.4 Å². The Labute approximate surface area is 149 Å². The molecule has 26 heavy (non-hydrogen) atoms. The van der Waals surface area contributed by atoms with Gasteiger partial charge in [0.1, 0.15) is 5.58 Å². The lowest BCUT2D eigenvalue weighted by atomic mass is 10.1. The van der Waals surface area contributed by atoms with Gasteiger partial charge in [-0.05, 0) is 30.2 Å². The molecule has 1 heterocycles. The largest absolute Gasteiger partial charge is 0.464 e. The van der Waals surface area contributed by atoms with Gasteiger partial charge in [0, 0.05) is 24.5 Å². The number of hydrogen-bond donors (Lipinski definition) is 0. The molecule has 3 nitrogen and oxygen atoms in total. The van der Waals surface area contributed by atoms with Crippen LogP contribution >= 0.6 is 0 Å². The van der Waals surface area contributed by atoms with E-state index in [0.717, 1.165) is 22.6 Å². The van der Waals surface area contributed by atoms with Gasteiger partial charge in [-0.1, -0.05) is 30.3 Å². The number of alkyl halides is 3. The van der Waals surface area contributed by atoms with E-state index in [1.165, 1.54) is 36.4 Å². The fraction of sp³-hybridized carbons (Fsp3) is 0.250. The number of carbonyl (C=O) groups is 1. The first-order valence-electron chi connectivity index (χ1n) is 8.11. The molecule has 0 unspecified atom stereocenters. The first kappa shape index (κ1) is 18.0. The van der Waals surface area contributed by atoms with Crippen LogP contribution < -0.4 is 0 Å². The monoisotopic (exact) mass is 361 g/mol. The summed E-state index contributed by atoms with van der Waals surface area (Å²) in [7, 11) is 1.50. The number of nitrogens with zero attached hydrogens (tertiary/aromatic N) is 1. The predicted molar refractivity (Wildman–Crippen MR) is 92.6 cm³/mol. The van der Waals surface area contributed by atoms with Crippen molar-refractivity contribution in [3.8, 4) is 0 Å². The van der Waals surface area contributed by atoms with Crippen molar-refractivity contribution < 1.29 is 22.4 Å². The lowest BCUT2D eigenvalue weighted by Crippen LogP contribution is -2.28. The van der Waals surface area contributed by atoms with Crippen LogP contribution in [0, 0.1) is 6.92 Å². The third-order valence-electron chi connectivity index (χ3n) is 4.31. The van der Waals surface area contributed by atoms with Crippen LogP contribution in [0.5, 0.6) is 0 Å². The Balaban J connectivity index is 1.76. The Morgan fingerprint density at radius 2 is 1.85 bits per heavy atom. The topological polar surface area (TPSA) is 33.5 Å². The van der Waals surface area contributed by atoms with Crippen LogP contribution in [-0.2, 0) is 23.9 Å². The molecule has 0 fully saturated rings. The molecule has 3 aromatic rings. The Morgan fingerprint density at radius 1 is 1.12 bits per heavy atom. The minimum Gasteiger partial charge on any atom is -0.464 e. The molecule has 0 aliphatic heterocycles. The zero-order valence-electron chi connectivity index (χ0n) is 14.4. The van der Waals surface area contributed by atoms with Crippen LogP contribution in [0.3, 0.4) is 0 Å². The van der Waals surface area contributed by atoms with Crippen molar-refractivity contribution in [1.29, 1.82) is 0 Å². The maximum atomic E-state index is 13.1. The fourth-order valence-electron chi connectivity index (χ4n) is 2.90. The van der Waals surface area contributed by atoms with E-state index in [0.29, 0.717) is 5.58 Å². The van der Waals surface area contributed by atoms with E-state index >= 15 is 0 Å². The lowest BCUT2D eigenvalue weighted by molar-refractivity contribution is -0.139. The van der Waals surface area contributed by atoms with Crippen molar-refractivity contribution in [3.05, 3.63) is 71.0 Å². The van der Waals surface area contributed by atoms with Gasteiger partial charge in [0.25, 0.3) is 0 Å². The van der Waals surface area contributed by atoms with Crippen molar-refractivity contribution >= 4 is 16.9 Å². The lowest BCUT2D eigenvalue weighted by Gasteiger charge is -2.20. The molecule has 1 amide bonds. The van der Waals surface area contributed by atoms with Crippen LogP contribution in [0.2, 0.25) is 0 Å². The molecule has 3 rings (SSSR count). The molecular weight excluding hydrogens is 343 g/mol. The smallest absolute Gasteiger partial charge is 0.416 e. The van der Waals surface area contributed by atoms with E-state index in [2.05, 4.69) is 0 Å². The van der Waals surface area contributed by atoms with Gasteiger partial charge in [-0.25, -0.2) is 0 Å². The summed E-state index contributed by atoms with van der Waals surface area (Å²) < 4.78 is 44.8. The number of amides is 1. The second-order valence-corrected chi connectivity index (χ2v) is 6.34. The van der Waals surface area contributed by atoms with Gasteiger partial charge in [-0.3, -0.25) is 4.79 Å². The number of rotatable bonds is 4. The molecule has 2 aromatic carbocycles. The van der Waals surface area contributed by atoms with Crippen molar-refractivity contribution in [2.75, 3.05) is 7.05 Å². The Bertz CT molecular complexity index is 944. The van der Waals surface area contributed by atoms with Gasteiger partial charge in [0.15, 0.2) is 0 Å². The first-order chi connectivity index (χ1) is 12.3. The highest BCUT2D eigenvalue weighted by atomic mass is 19.4. The van der Waals surface area contributed by atoms with Gasteiger partial charge in [0.05, 0.1) is 18.2 Å². The van der Waals surface area contributed by atoms with Crippen molar-refractivity contribution in [2.24, 2.45) is 0 Å². The molecule has 0 spiro atoms. The molecule has 0 aliphatic carbocycles. The number of aryl methyl sites for hydroxylation is 1. The summed E-state index contributed by atoms with van der Waals surface area (Å²) in [6, 6.07) is 11.0. The normalized spacial score (nSPS) is 11.7. The molecule has 0 radical (unpaired) electrons. The van der Waals surface area contributed by atoms with Gasteiger partial charge >= 0.3 is 6.18 Å². The molecule has 6 heteroatoms. The van der Waals surface area contributed by atoms with Crippen LogP contribution in [0.1, 0.15) is 22.3 Å². The third kappa shape index (κ3) is 3.74.